The Bertz CT molecular complexity index is 541. The summed E-state index contributed by atoms with van der Waals surface area (Å²) < 4.78 is 22.3. The minimum atomic E-state index is -3.81. The van der Waals surface area contributed by atoms with Crippen LogP contribution in [0.2, 0.25) is 0 Å². The van der Waals surface area contributed by atoms with Crippen LogP contribution in [0.5, 0.6) is 0 Å². The molecule has 5 N–H and O–H groups in total. The van der Waals surface area contributed by atoms with Crippen molar-refractivity contribution in [2.45, 2.75) is 24.3 Å². The zero-order valence-electron chi connectivity index (χ0n) is 10.5. The van der Waals surface area contributed by atoms with Gasteiger partial charge in [0.2, 0.25) is 10.0 Å². The summed E-state index contributed by atoms with van der Waals surface area (Å²) in [6.45, 7) is 1.66. The predicted molar refractivity (Wildman–Crippen MR) is 71.1 cm³/mol. The maximum Gasteiger partial charge on any atom is 0.319 e. The highest BCUT2D eigenvalue weighted by molar-refractivity contribution is 7.89. The summed E-state index contributed by atoms with van der Waals surface area (Å²) in [4.78, 5) is 11.5. The molecule has 19 heavy (non-hydrogen) atoms. The molecule has 0 aliphatic carbocycles. The minimum absolute atomic E-state index is 0.0838. The summed E-state index contributed by atoms with van der Waals surface area (Å²) in [5.41, 5.74) is 0.303. The van der Waals surface area contributed by atoms with Crippen molar-refractivity contribution in [3.63, 3.8) is 0 Å². The van der Waals surface area contributed by atoms with Crippen LogP contribution in [-0.4, -0.2) is 32.2 Å². The maximum atomic E-state index is 11.6. The summed E-state index contributed by atoms with van der Waals surface area (Å²) in [6.07, 6.45) is 0.584. The smallest absolute Gasteiger partial charge is 0.319 e. The van der Waals surface area contributed by atoms with Crippen LogP contribution in [0.1, 0.15) is 13.3 Å². The molecule has 0 bridgehead atoms. The number of nitrogens with one attached hydrogen (secondary N) is 2. The van der Waals surface area contributed by atoms with Crippen molar-refractivity contribution in [3.05, 3.63) is 24.3 Å². The van der Waals surface area contributed by atoms with Gasteiger partial charge in [0.05, 0.1) is 17.5 Å². The number of hydrogen-bond donors (Lipinski definition) is 4. The Labute approximate surface area is 111 Å². The van der Waals surface area contributed by atoms with Crippen LogP contribution in [-0.2, 0) is 10.0 Å². The van der Waals surface area contributed by atoms with Crippen LogP contribution in [0, 0.1) is 0 Å². The number of amides is 2. The van der Waals surface area contributed by atoms with Crippen LogP contribution in [0.4, 0.5) is 10.5 Å². The molecular formula is C11H17N3O4S. The summed E-state index contributed by atoms with van der Waals surface area (Å²) in [5.74, 6) is 0. The van der Waals surface area contributed by atoms with Crippen LogP contribution < -0.4 is 15.8 Å². The van der Waals surface area contributed by atoms with Crippen LogP contribution >= 0.6 is 0 Å². The first-order valence-corrected chi connectivity index (χ1v) is 7.22. The highest BCUT2D eigenvalue weighted by Gasteiger charge is 2.11. The fraction of sp³-hybridized carbons (Fsp3) is 0.364. The number of rotatable bonds is 5. The normalized spacial score (nSPS) is 12.8. The van der Waals surface area contributed by atoms with E-state index in [1.54, 1.807) is 0 Å². The Morgan fingerprint density at radius 2 is 2.16 bits per heavy atom. The third-order valence-electron chi connectivity index (χ3n) is 2.47. The van der Waals surface area contributed by atoms with Gasteiger partial charge >= 0.3 is 6.03 Å². The van der Waals surface area contributed by atoms with Crippen LogP contribution in [0.3, 0.4) is 0 Å². The van der Waals surface area contributed by atoms with E-state index < -0.39 is 16.1 Å². The molecule has 106 valence electrons. The molecule has 1 unspecified atom stereocenters. The second-order valence-electron chi connectivity index (χ2n) is 3.96. The average molecular weight is 287 g/mol. The van der Waals surface area contributed by atoms with Crippen molar-refractivity contribution < 1.29 is 18.3 Å². The Hall–Kier alpha value is -1.64. The Morgan fingerprint density at radius 1 is 1.47 bits per heavy atom. The molecule has 1 aromatic carbocycles. The fourth-order valence-electron chi connectivity index (χ4n) is 1.38. The largest absolute Gasteiger partial charge is 0.394 e. The van der Waals surface area contributed by atoms with Crippen LogP contribution in [0.25, 0.3) is 0 Å². The van der Waals surface area contributed by atoms with Crippen molar-refractivity contribution in [1.29, 1.82) is 0 Å². The van der Waals surface area contributed by atoms with Crippen molar-refractivity contribution >= 4 is 21.7 Å². The Balaban J connectivity index is 2.75. The monoisotopic (exact) mass is 287 g/mol. The average Bonchev–Trinajstić information content (AvgIpc) is 2.35. The summed E-state index contributed by atoms with van der Waals surface area (Å²) in [7, 11) is -3.81. The molecule has 0 radical (unpaired) electrons. The molecule has 7 nitrogen and oxygen atoms in total. The molecule has 1 aromatic rings. The molecule has 0 aliphatic heterocycles. The number of carbonyl (C=O) groups excluding carboxylic acids is 1. The van der Waals surface area contributed by atoms with Crippen molar-refractivity contribution in [1.82, 2.24) is 5.32 Å². The molecule has 0 saturated heterocycles. The van der Waals surface area contributed by atoms with Gasteiger partial charge in [0, 0.05) is 5.69 Å². The third-order valence-corrected chi connectivity index (χ3v) is 3.38. The van der Waals surface area contributed by atoms with Gasteiger partial charge in [-0.15, -0.1) is 0 Å². The lowest BCUT2D eigenvalue weighted by molar-refractivity contribution is 0.222. The summed E-state index contributed by atoms with van der Waals surface area (Å²) in [6, 6.07) is 4.73. The number of aliphatic hydroxyl groups excluding tert-OH is 1. The quantitative estimate of drug-likeness (QED) is 0.619. The second kappa shape index (κ2) is 6.50. The van der Waals surface area contributed by atoms with Gasteiger partial charge in [-0.2, -0.15) is 0 Å². The van der Waals surface area contributed by atoms with Crippen LogP contribution in [0.15, 0.2) is 29.2 Å². The number of urea groups is 1. The lowest BCUT2D eigenvalue weighted by Gasteiger charge is -2.14. The SMILES string of the molecule is CCC(CO)NC(=O)Nc1cccc(S(N)(=O)=O)c1. The lowest BCUT2D eigenvalue weighted by atomic mass is 10.2. The molecule has 0 aliphatic rings. The maximum absolute atomic E-state index is 11.6. The second-order valence-corrected chi connectivity index (χ2v) is 5.52. The highest BCUT2D eigenvalue weighted by atomic mass is 32.2. The lowest BCUT2D eigenvalue weighted by Crippen LogP contribution is -2.39. The molecule has 0 heterocycles. The Kier molecular flexibility index (Phi) is 5.28. The molecule has 1 atom stereocenters. The minimum Gasteiger partial charge on any atom is -0.394 e. The van der Waals surface area contributed by atoms with Gasteiger partial charge < -0.3 is 15.7 Å². The molecule has 0 aromatic heterocycles. The molecule has 1 rings (SSSR count). The third kappa shape index (κ3) is 4.86. The van der Waals surface area contributed by atoms with Gasteiger partial charge in [0.25, 0.3) is 0 Å². The van der Waals surface area contributed by atoms with E-state index in [1.165, 1.54) is 24.3 Å². The number of nitrogens with two attached hydrogens (primary N) is 1. The number of anilines is 1. The van der Waals surface area contributed by atoms with Gasteiger partial charge in [-0.05, 0) is 24.6 Å². The molecule has 0 spiro atoms. The van der Waals surface area contributed by atoms with Crippen molar-refractivity contribution in [2.24, 2.45) is 5.14 Å². The van der Waals surface area contributed by atoms with E-state index in [9.17, 15) is 13.2 Å². The highest BCUT2D eigenvalue weighted by Crippen LogP contribution is 2.13. The van der Waals surface area contributed by atoms with E-state index in [-0.39, 0.29) is 17.5 Å². The zero-order chi connectivity index (χ0) is 14.5. The fourth-order valence-corrected chi connectivity index (χ4v) is 1.94. The first-order valence-electron chi connectivity index (χ1n) is 5.68. The molecular weight excluding hydrogens is 270 g/mol. The first kappa shape index (κ1) is 15.4. The number of hydrogen-bond acceptors (Lipinski definition) is 4. The van der Waals surface area contributed by atoms with E-state index >= 15 is 0 Å². The predicted octanol–water partition coefficient (Wildman–Crippen LogP) is 0.226. The Morgan fingerprint density at radius 3 is 2.68 bits per heavy atom. The number of aliphatic hydroxyl groups is 1. The number of benzene rings is 1. The van der Waals surface area contributed by atoms with Crippen molar-refractivity contribution in [2.75, 3.05) is 11.9 Å². The number of carbonyl (C=O) groups is 1. The van der Waals surface area contributed by atoms with Crippen molar-refractivity contribution in [3.8, 4) is 0 Å². The summed E-state index contributed by atoms with van der Waals surface area (Å²) in [5, 5.41) is 19.0. The van der Waals surface area contributed by atoms with Gasteiger partial charge in [-0.1, -0.05) is 13.0 Å². The zero-order valence-corrected chi connectivity index (χ0v) is 11.3. The van der Waals surface area contributed by atoms with Gasteiger partial charge in [-0.3, -0.25) is 0 Å². The summed E-state index contributed by atoms with van der Waals surface area (Å²) >= 11 is 0. The molecule has 0 saturated carbocycles. The van der Waals surface area contributed by atoms with E-state index in [4.69, 9.17) is 10.2 Å². The van der Waals surface area contributed by atoms with Gasteiger partial charge in [-0.25, -0.2) is 18.4 Å². The standard InChI is InChI=1S/C11H17N3O4S/c1-2-8(7-15)13-11(16)14-9-4-3-5-10(6-9)19(12,17)18/h3-6,8,15H,2,7H2,1H3,(H2,12,17,18)(H2,13,14,16). The molecule has 8 heteroatoms. The van der Waals surface area contributed by atoms with Gasteiger partial charge in [0.15, 0.2) is 0 Å². The number of primary sulfonamides is 1. The number of sulfonamides is 1. The van der Waals surface area contributed by atoms with E-state index in [0.717, 1.165) is 0 Å². The first-order chi connectivity index (χ1) is 8.86. The molecule has 2 amide bonds. The van der Waals surface area contributed by atoms with E-state index in [1.807, 2.05) is 6.92 Å². The van der Waals surface area contributed by atoms with Gasteiger partial charge in [0.1, 0.15) is 0 Å². The topological polar surface area (TPSA) is 122 Å². The van der Waals surface area contributed by atoms with E-state index in [2.05, 4.69) is 10.6 Å². The van der Waals surface area contributed by atoms with E-state index in [0.29, 0.717) is 12.1 Å². The molecule has 0 fully saturated rings.